The van der Waals surface area contributed by atoms with Crippen molar-refractivity contribution in [2.75, 3.05) is 0 Å². The van der Waals surface area contributed by atoms with E-state index in [0.717, 1.165) is 16.6 Å². The predicted octanol–water partition coefficient (Wildman–Crippen LogP) is 2.48. The summed E-state index contributed by atoms with van der Waals surface area (Å²) in [6.07, 6.45) is 0. The monoisotopic (exact) mass is 347 g/mol. The van der Waals surface area contributed by atoms with Crippen LogP contribution in [0.1, 0.15) is 21.7 Å². The van der Waals surface area contributed by atoms with E-state index in [-0.39, 0.29) is 11.6 Å². The first-order valence-corrected chi connectivity index (χ1v) is 8.21. The molecule has 7 nitrogen and oxygen atoms in total. The summed E-state index contributed by atoms with van der Waals surface area (Å²) in [6, 6.07) is 15.2. The second kappa shape index (κ2) is 6.36. The van der Waals surface area contributed by atoms with Crippen molar-refractivity contribution < 1.29 is 4.79 Å². The minimum Gasteiger partial charge on any atom is -0.347 e. The molecule has 0 spiro atoms. The van der Waals surface area contributed by atoms with Crippen molar-refractivity contribution in [3.8, 4) is 11.4 Å². The van der Waals surface area contributed by atoms with Gasteiger partial charge in [-0.1, -0.05) is 36.4 Å². The van der Waals surface area contributed by atoms with E-state index in [2.05, 4.69) is 25.3 Å². The zero-order valence-electron chi connectivity index (χ0n) is 14.1. The molecule has 1 amide bonds. The zero-order valence-corrected chi connectivity index (χ0v) is 14.1. The second-order valence-corrected chi connectivity index (χ2v) is 6.07. The summed E-state index contributed by atoms with van der Waals surface area (Å²) in [5.41, 5.74) is 4.10. The molecule has 4 N–H and O–H groups in total. The summed E-state index contributed by atoms with van der Waals surface area (Å²) >= 11 is 0. The highest BCUT2D eigenvalue weighted by Crippen LogP contribution is 2.17. The molecule has 0 unspecified atom stereocenters. The van der Waals surface area contributed by atoms with Crippen LogP contribution in [0.4, 0.5) is 0 Å². The lowest BCUT2D eigenvalue weighted by Crippen LogP contribution is -2.23. The molecule has 0 radical (unpaired) electrons. The first kappa shape index (κ1) is 15.9. The van der Waals surface area contributed by atoms with Crippen molar-refractivity contribution in [2.24, 2.45) is 0 Å². The van der Waals surface area contributed by atoms with Crippen molar-refractivity contribution in [1.29, 1.82) is 0 Å². The highest BCUT2D eigenvalue weighted by molar-refractivity contribution is 5.94. The number of aromatic amines is 3. The number of amides is 1. The van der Waals surface area contributed by atoms with E-state index in [4.69, 9.17) is 0 Å². The molecular formula is C19H17N5O2. The largest absolute Gasteiger partial charge is 0.347 e. The Morgan fingerprint density at radius 3 is 2.62 bits per heavy atom. The third-order valence-electron chi connectivity index (χ3n) is 4.18. The number of hydrogen-bond acceptors (Lipinski definition) is 3. The topological polar surface area (TPSA) is 106 Å². The minimum absolute atomic E-state index is 0.247. The molecule has 0 aliphatic carbocycles. The van der Waals surface area contributed by atoms with Crippen LogP contribution < -0.4 is 11.0 Å². The van der Waals surface area contributed by atoms with Gasteiger partial charge in [0.1, 0.15) is 11.5 Å². The number of H-pyrrole nitrogens is 3. The smallest absolute Gasteiger partial charge is 0.323 e. The quantitative estimate of drug-likeness (QED) is 0.455. The predicted molar refractivity (Wildman–Crippen MR) is 98.9 cm³/mol. The highest BCUT2D eigenvalue weighted by atomic mass is 16.2. The molecule has 0 aliphatic rings. The standard InChI is InChI=1S/C19H17N5O2/c1-11-16(24-17(21-11)13-5-3-2-4-6-13)18(25)20-10-12-7-8-14-15(9-12)23-19(26)22-14/h2-9H,10H2,1H3,(H,20,25)(H,21,24)(H2,22,23,26). The van der Waals surface area contributed by atoms with Gasteiger partial charge in [0.2, 0.25) is 0 Å². The molecule has 0 atom stereocenters. The van der Waals surface area contributed by atoms with E-state index < -0.39 is 0 Å². The molecule has 0 aliphatic heterocycles. The Balaban J connectivity index is 1.51. The summed E-state index contributed by atoms with van der Waals surface area (Å²) in [6.45, 7) is 2.17. The fraction of sp³-hybridized carbons (Fsp3) is 0.105. The van der Waals surface area contributed by atoms with Gasteiger partial charge < -0.3 is 20.3 Å². The van der Waals surface area contributed by atoms with Gasteiger partial charge in [0, 0.05) is 17.8 Å². The Morgan fingerprint density at radius 1 is 1.04 bits per heavy atom. The van der Waals surface area contributed by atoms with Crippen molar-refractivity contribution >= 4 is 16.9 Å². The minimum atomic E-state index is -0.248. The SMILES string of the molecule is Cc1[nH]c(-c2ccccc2)nc1C(=O)NCc1ccc2[nH]c(=O)[nH]c2c1. The first-order valence-electron chi connectivity index (χ1n) is 8.21. The maximum atomic E-state index is 12.5. The zero-order chi connectivity index (χ0) is 18.1. The molecule has 0 bridgehead atoms. The van der Waals surface area contributed by atoms with Crippen LogP contribution in [0.25, 0.3) is 22.4 Å². The fourth-order valence-electron chi connectivity index (χ4n) is 2.87. The van der Waals surface area contributed by atoms with Gasteiger partial charge in [-0.15, -0.1) is 0 Å². The van der Waals surface area contributed by atoms with Crippen LogP contribution in [0.15, 0.2) is 53.3 Å². The molecule has 0 saturated carbocycles. The number of rotatable bonds is 4. The summed E-state index contributed by atoms with van der Waals surface area (Å²) in [7, 11) is 0. The lowest BCUT2D eigenvalue weighted by Gasteiger charge is -2.04. The Hall–Kier alpha value is -3.61. The van der Waals surface area contributed by atoms with Gasteiger partial charge in [0.25, 0.3) is 5.91 Å². The molecular weight excluding hydrogens is 330 g/mol. The van der Waals surface area contributed by atoms with E-state index in [0.29, 0.717) is 29.3 Å². The Morgan fingerprint density at radius 2 is 1.81 bits per heavy atom. The number of aromatic nitrogens is 4. The Kier molecular flexibility index (Phi) is 3.89. The average Bonchev–Trinajstić information content (AvgIpc) is 3.21. The van der Waals surface area contributed by atoms with Gasteiger partial charge in [0.05, 0.1) is 11.0 Å². The lowest BCUT2D eigenvalue weighted by atomic mass is 10.2. The molecule has 0 fully saturated rings. The maximum Gasteiger partial charge on any atom is 0.323 e. The highest BCUT2D eigenvalue weighted by Gasteiger charge is 2.15. The first-order chi connectivity index (χ1) is 12.6. The van der Waals surface area contributed by atoms with Crippen LogP contribution in [0, 0.1) is 6.92 Å². The molecule has 2 heterocycles. The van der Waals surface area contributed by atoms with Gasteiger partial charge in [0.15, 0.2) is 0 Å². The maximum absolute atomic E-state index is 12.5. The van der Waals surface area contributed by atoms with E-state index >= 15 is 0 Å². The van der Waals surface area contributed by atoms with E-state index in [1.165, 1.54) is 0 Å². The van der Waals surface area contributed by atoms with Crippen LogP contribution in [0.3, 0.4) is 0 Å². The molecule has 4 aromatic rings. The normalized spacial score (nSPS) is 11.0. The number of nitrogens with one attached hydrogen (secondary N) is 4. The molecule has 130 valence electrons. The third-order valence-corrected chi connectivity index (χ3v) is 4.18. The molecule has 2 aromatic carbocycles. The number of carbonyl (C=O) groups is 1. The van der Waals surface area contributed by atoms with E-state index in [9.17, 15) is 9.59 Å². The number of aryl methyl sites for hydroxylation is 1. The molecule has 0 saturated heterocycles. The van der Waals surface area contributed by atoms with Gasteiger partial charge in [-0.25, -0.2) is 9.78 Å². The second-order valence-electron chi connectivity index (χ2n) is 6.07. The van der Waals surface area contributed by atoms with Crippen LogP contribution in [0.2, 0.25) is 0 Å². The van der Waals surface area contributed by atoms with E-state index in [1.807, 2.05) is 55.5 Å². The summed E-state index contributed by atoms with van der Waals surface area (Å²) in [4.78, 5) is 36.8. The van der Waals surface area contributed by atoms with Crippen molar-refractivity contribution in [2.45, 2.75) is 13.5 Å². The number of nitrogens with zero attached hydrogens (tertiary/aromatic N) is 1. The van der Waals surface area contributed by atoms with Crippen LogP contribution in [0.5, 0.6) is 0 Å². The summed E-state index contributed by atoms with van der Waals surface area (Å²) in [5.74, 6) is 0.420. The molecule has 2 aromatic heterocycles. The Bertz CT molecular complexity index is 1140. The van der Waals surface area contributed by atoms with Gasteiger partial charge in [-0.2, -0.15) is 0 Å². The molecule has 4 rings (SSSR count). The third kappa shape index (κ3) is 3.02. The number of carbonyl (C=O) groups excluding carboxylic acids is 1. The van der Waals surface area contributed by atoms with Crippen molar-refractivity contribution in [1.82, 2.24) is 25.3 Å². The van der Waals surface area contributed by atoms with Crippen LogP contribution in [-0.2, 0) is 6.54 Å². The number of hydrogen-bond donors (Lipinski definition) is 4. The van der Waals surface area contributed by atoms with Gasteiger partial charge in [-0.3, -0.25) is 4.79 Å². The van der Waals surface area contributed by atoms with Crippen LogP contribution in [-0.4, -0.2) is 25.8 Å². The summed E-state index contributed by atoms with van der Waals surface area (Å²) in [5, 5.41) is 2.87. The number of fused-ring (bicyclic) bond motifs is 1. The van der Waals surface area contributed by atoms with E-state index in [1.54, 1.807) is 0 Å². The average molecular weight is 347 g/mol. The van der Waals surface area contributed by atoms with Crippen molar-refractivity contribution in [3.05, 3.63) is 76.0 Å². The lowest BCUT2D eigenvalue weighted by molar-refractivity contribution is 0.0946. The molecule has 26 heavy (non-hydrogen) atoms. The van der Waals surface area contributed by atoms with Crippen molar-refractivity contribution in [3.63, 3.8) is 0 Å². The van der Waals surface area contributed by atoms with Gasteiger partial charge in [-0.05, 0) is 24.6 Å². The van der Waals surface area contributed by atoms with Crippen LogP contribution >= 0.6 is 0 Å². The number of benzene rings is 2. The Labute approximate surface area is 148 Å². The summed E-state index contributed by atoms with van der Waals surface area (Å²) < 4.78 is 0. The van der Waals surface area contributed by atoms with Gasteiger partial charge >= 0.3 is 5.69 Å². The molecule has 7 heteroatoms. The fourth-order valence-corrected chi connectivity index (χ4v) is 2.87. The number of imidazole rings is 2.